The Balaban J connectivity index is 3.04. The molecule has 132 valence electrons. The maximum Gasteiger partial charge on any atom is 0.508 e. The summed E-state index contributed by atoms with van der Waals surface area (Å²) in [7, 11) is -2.76. The Labute approximate surface area is 142 Å². The lowest BCUT2D eigenvalue weighted by Crippen LogP contribution is -2.52. The monoisotopic (exact) mass is 339 g/mol. The Morgan fingerprint density at radius 3 is 1.91 bits per heavy atom. The Morgan fingerprint density at radius 1 is 0.870 bits per heavy atom. The van der Waals surface area contributed by atoms with E-state index in [1.807, 2.05) is 26.8 Å². The number of rotatable bonds is 13. The predicted octanol–water partition coefficient (Wildman–Crippen LogP) is 3.88. The van der Waals surface area contributed by atoms with Crippen molar-refractivity contribution in [1.29, 1.82) is 0 Å². The van der Waals surface area contributed by atoms with Crippen molar-refractivity contribution < 1.29 is 13.3 Å². The minimum Gasteiger partial charge on any atom is -0.373 e. The molecule has 0 fully saturated rings. The van der Waals surface area contributed by atoms with Gasteiger partial charge in [0.05, 0.1) is 5.54 Å². The van der Waals surface area contributed by atoms with E-state index in [9.17, 15) is 0 Å². The highest BCUT2D eigenvalue weighted by Crippen LogP contribution is 2.34. The van der Waals surface area contributed by atoms with Crippen LogP contribution < -0.4 is 5.73 Å². The normalized spacial score (nSPS) is 13.2. The molecule has 1 atom stereocenters. The van der Waals surface area contributed by atoms with E-state index in [0.29, 0.717) is 19.8 Å². The van der Waals surface area contributed by atoms with Gasteiger partial charge in [0.25, 0.3) is 0 Å². The molecule has 0 aliphatic rings. The molecule has 0 saturated carbocycles. The number of hydrogen-bond acceptors (Lipinski definition) is 4. The molecule has 0 bridgehead atoms. The predicted molar refractivity (Wildman–Crippen MR) is 97.3 cm³/mol. The lowest BCUT2D eigenvalue weighted by molar-refractivity contribution is 0.0603. The molecule has 23 heavy (non-hydrogen) atoms. The van der Waals surface area contributed by atoms with E-state index in [1.54, 1.807) is 0 Å². The number of hydrogen-bond donors (Lipinski definition) is 1. The summed E-state index contributed by atoms with van der Waals surface area (Å²) in [5, 5.41) is 0. The van der Waals surface area contributed by atoms with Crippen LogP contribution >= 0.6 is 0 Å². The fourth-order valence-corrected chi connectivity index (χ4v) is 6.15. The third-order valence-electron chi connectivity index (χ3n) is 3.86. The van der Waals surface area contributed by atoms with Gasteiger partial charge in [0, 0.05) is 19.8 Å². The van der Waals surface area contributed by atoms with Crippen LogP contribution in [0.1, 0.15) is 57.6 Å². The highest BCUT2D eigenvalue weighted by Gasteiger charge is 2.49. The summed E-state index contributed by atoms with van der Waals surface area (Å²) in [6.07, 6.45) is 4.32. The van der Waals surface area contributed by atoms with Crippen LogP contribution in [0.15, 0.2) is 30.3 Å². The lowest BCUT2D eigenvalue weighted by atomic mass is 10.1. The van der Waals surface area contributed by atoms with Gasteiger partial charge in [-0.2, -0.15) is 0 Å². The first kappa shape index (κ1) is 20.3. The molecule has 1 aromatic rings. The first-order valence-electron chi connectivity index (χ1n) is 8.90. The molecular weight excluding hydrogens is 306 g/mol. The van der Waals surface area contributed by atoms with Crippen molar-refractivity contribution in [3.05, 3.63) is 35.9 Å². The molecule has 1 aromatic carbocycles. The first-order chi connectivity index (χ1) is 11.2. The molecular formula is C18H33NO3Si. The highest BCUT2D eigenvalue weighted by atomic mass is 28.4. The molecule has 4 nitrogen and oxygen atoms in total. The molecule has 5 heteroatoms. The van der Waals surface area contributed by atoms with Gasteiger partial charge in [-0.15, -0.1) is 0 Å². The fourth-order valence-electron chi connectivity index (χ4n) is 2.93. The minimum absolute atomic E-state index is 0.182. The highest BCUT2D eigenvalue weighted by molar-refractivity contribution is 6.62. The average Bonchev–Trinajstić information content (AvgIpc) is 2.56. The second-order valence-corrected chi connectivity index (χ2v) is 8.27. The standard InChI is InChI=1S/C18H33NO3Si/c1-4-20-23(21-5-2,22-6-3)18(15-11-8-12-16-19)17-13-9-7-10-14-17/h7,9-10,13-14,18H,4-6,8,11-12,15-16,19H2,1-3H3. The van der Waals surface area contributed by atoms with Crippen molar-refractivity contribution in [3.63, 3.8) is 0 Å². The Morgan fingerprint density at radius 2 is 1.43 bits per heavy atom. The molecule has 0 amide bonds. The van der Waals surface area contributed by atoms with E-state index in [0.717, 1.165) is 32.2 Å². The van der Waals surface area contributed by atoms with E-state index < -0.39 is 8.80 Å². The van der Waals surface area contributed by atoms with E-state index in [1.165, 1.54) is 5.56 Å². The summed E-state index contributed by atoms with van der Waals surface area (Å²) >= 11 is 0. The van der Waals surface area contributed by atoms with Crippen molar-refractivity contribution in [2.75, 3.05) is 26.4 Å². The molecule has 0 spiro atoms. The number of unbranched alkanes of at least 4 members (excludes halogenated alkanes) is 2. The molecule has 1 unspecified atom stereocenters. The molecule has 0 aliphatic heterocycles. The van der Waals surface area contributed by atoms with Gasteiger partial charge in [0.1, 0.15) is 0 Å². The van der Waals surface area contributed by atoms with Gasteiger partial charge in [-0.25, -0.2) is 0 Å². The Hall–Kier alpha value is -0.723. The maximum atomic E-state index is 6.15. The van der Waals surface area contributed by atoms with Crippen LogP contribution in [0.4, 0.5) is 0 Å². The zero-order valence-corrected chi connectivity index (χ0v) is 15.9. The second kappa shape index (κ2) is 11.8. The van der Waals surface area contributed by atoms with Crippen molar-refractivity contribution >= 4 is 8.80 Å². The summed E-state index contributed by atoms with van der Waals surface area (Å²) in [6, 6.07) is 10.5. The van der Waals surface area contributed by atoms with Crippen molar-refractivity contribution in [2.45, 2.75) is 52.0 Å². The third kappa shape index (κ3) is 6.35. The zero-order valence-electron chi connectivity index (χ0n) is 14.9. The summed E-state index contributed by atoms with van der Waals surface area (Å²) in [5.74, 6) is 0. The van der Waals surface area contributed by atoms with E-state index in [4.69, 9.17) is 19.0 Å². The molecule has 0 saturated heterocycles. The van der Waals surface area contributed by atoms with Gasteiger partial charge in [-0.05, 0) is 45.7 Å². The summed E-state index contributed by atoms with van der Waals surface area (Å²) < 4.78 is 18.5. The minimum atomic E-state index is -2.76. The molecule has 1 rings (SSSR count). The Kier molecular flexibility index (Phi) is 10.4. The van der Waals surface area contributed by atoms with Crippen molar-refractivity contribution in [3.8, 4) is 0 Å². The van der Waals surface area contributed by atoms with Gasteiger partial charge in [-0.3, -0.25) is 0 Å². The average molecular weight is 340 g/mol. The Bertz CT molecular complexity index is 385. The topological polar surface area (TPSA) is 53.7 Å². The van der Waals surface area contributed by atoms with Crippen molar-refractivity contribution in [2.24, 2.45) is 5.73 Å². The van der Waals surface area contributed by atoms with Crippen LogP contribution in [0.3, 0.4) is 0 Å². The van der Waals surface area contributed by atoms with Crippen LogP contribution in [0.25, 0.3) is 0 Å². The molecule has 2 N–H and O–H groups in total. The zero-order chi connectivity index (χ0) is 17.0. The number of benzene rings is 1. The van der Waals surface area contributed by atoms with E-state index >= 15 is 0 Å². The van der Waals surface area contributed by atoms with E-state index in [2.05, 4.69) is 24.3 Å². The molecule has 0 radical (unpaired) electrons. The van der Waals surface area contributed by atoms with Crippen LogP contribution in [-0.4, -0.2) is 35.2 Å². The lowest BCUT2D eigenvalue weighted by Gasteiger charge is -2.35. The van der Waals surface area contributed by atoms with Crippen LogP contribution in [-0.2, 0) is 13.3 Å². The van der Waals surface area contributed by atoms with Crippen molar-refractivity contribution in [1.82, 2.24) is 0 Å². The molecule has 0 aromatic heterocycles. The van der Waals surface area contributed by atoms with Gasteiger partial charge in [0.2, 0.25) is 0 Å². The third-order valence-corrected chi connectivity index (χ3v) is 7.41. The summed E-state index contributed by atoms with van der Waals surface area (Å²) in [4.78, 5) is 0. The summed E-state index contributed by atoms with van der Waals surface area (Å²) in [5.41, 5.74) is 7.05. The quantitative estimate of drug-likeness (QED) is 0.438. The van der Waals surface area contributed by atoms with Gasteiger partial charge < -0.3 is 19.0 Å². The van der Waals surface area contributed by atoms with Crippen LogP contribution in [0.2, 0.25) is 0 Å². The fraction of sp³-hybridized carbons (Fsp3) is 0.667. The smallest absolute Gasteiger partial charge is 0.373 e. The van der Waals surface area contributed by atoms with Crippen LogP contribution in [0.5, 0.6) is 0 Å². The second-order valence-electron chi connectivity index (χ2n) is 5.50. The summed E-state index contributed by atoms with van der Waals surface area (Å²) in [6.45, 7) is 8.61. The molecule has 0 aliphatic carbocycles. The van der Waals surface area contributed by atoms with Gasteiger partial charge >= 0.3 is 8.80 Å². The van der Waals surface area contributed by atoms with Gasteiger partial charge in [0.15, 0.2) is 0 Å². The van der Waals surface area contributed by atoms with Gasteiger partial charge in [-0.1, -0.05) is 43.2 Å². The molecule has 0 heterocycles. The van der Waals surface area contributed by atoms with Crippen LogP contribution in [0, 0.1) is 0 Å². The SMILES string of the molecule is CCO[Si](OCC)(OCC)C(CCCCCN)c1ccccc1. The van der Waals surface area contributed by atoms with E-state index in [-0.39, 0.29) is 5.54 Å². The number of nitrogens with two attached hydrogens (primary N) is 1. The first-order valence-corrected chi connectivity index (χ1v) is 10.7. The maximum absolute atomic E-state index is 6.15. The largest absolute Gasteiger partial charge is 0.508 e.